The van der Waals surface area contributed by atoms with Crippen LogP contribution >= 0.6 is 15.2 Å². The highest BCUT2D eigenvalue weighted by molar-refractivity contribution is 7.53. The Labute approximate surface area is 642 Å². The molecule has 10 nitrogen and oxygen atoms in total. The van der Waals surface area contributed by atoms with E-state index >= 15 is 0 Å². The fourth-order valence-corrected chi connectivity index (χ4v) is 17.0. The van der Waals surface area contributed by atoms with E-state index in [-0.39, 0.29) is 19.8 Å². The van der Waals surface area contributed by atoms with Crippen LogP contribution in [0, 0.1) is 13.8 Å². The molecule has 0 heterocycles. The van der Waals surface area contributed by atoms with Crippen LogP contribution in [0.2, 0.25) is 0 Å². The van der Waals surface area contributed by atoms with Gasteiger partial charge in [0.1, 0.15) is 12.6 Å². The second-order valence-corrected chi connectivity index (χ2v) is 30.0. The van der Waals surface area contributed by atoms with Crippen LogP contribution in [-0.4, -0.2) is 39.0 Å². The molecule has 12 heteroatoms. The normalized spacial score (nSPS) is 11.5. The molecule has 0 aromatic heterocycles. The van der Waals surface area contributed by atoms with Gasteiger partial charge in [-0.2, -0.15) is 0 Å². The molecule has 0 saturated carbocycles. The van der Waals surface area contributed by atoms with E-state index < -0.39 is 15.2 Å². The van der Waals surface area contributed by atoms with Crippen LogP contribution in [0.4, 0.5) is 34.1 Å². The van der Waals surface area contributed by atoms with E-state index in [1.807, 2.05) is 113 Å². The van der Waals surface area contributed by atoms with Gasteiger partial charge in [-0.05, 0) is 226 Å². The van der Waals surface area contributed by atoms with Crippen LogP contribution in [0.3, 0.4) is 0 Å². The van der Waals surface area contributed by atoms with Crippen LogP contribution in [-0.2, 0) is 39.5 Å². The topological polar surface area (TPSA) is 112 Å². The lowest BCUT2D eigenvalue weighted by molar-refractivity contribution is 0.111. The minimum absolute atomic E-state index is 0. The van der Waals surface area contributed by atoms with E-state index in [1.165, 1.54) is 54.9 Å². The molecule has 0 N–H and O–H groups in total. The number of rotatable bonds is 26. The molecule has 548 valence electrons. The van der Waals surface area contributed by atoms with Crippen molar-refractivity contribution >= 4 is 141 Å². The lowest BCUT2D eigenvalue weighted by atomic mass is 9.91. The highest BCUT2D eigenvalue weighted by Crippen LogP contribution is 2.56. The van der Waals surface area contributed by atoms with E-state index in [0.717, 1.165) is 90.5 Å². The van der Waals surface area contributed by atoms with Gasteiger partial charge in [-0.3, -0.25) is 18.7 Å². The average molecular weight is 1480 g/mol. The van der Waals surface area contributed by atoms with Gasteiger partial charge in [-0.25, -0.2) is 0 Å². The number of carbonyl (C=O) groups is 2. The second-order valence-electron chi connectivity index (χ2n) is 25.9. The van der Waals surface area contributed by atoms with Crippen LogP contribution in [0.1, 0.15) is 111 Å². The quantitative estimate of drug-likeness (QED) is 0.0225. The maximum absolute atomic E-state index is 13.4. The van der Waals surface area contributed by atoms with Gasteiger partial charge in [0.2, 0.25) is 0 Å². The minimum Gasteiger partial charge on any atom is -0.311 e. The summed E-state index contributed by atoms with van der Waals surface area (Å²) in [5.74, 6) is 0. The number of anilines is 6. The summed E-state index contributed by atoms with van der Waals surface area (Å²) < 4.78 is 49.2. The van der Waals surface area contributed by atoms with Crippen LogP contribution in [0.15, 0.2) is 303 Å². The molecule has 0 radical (unpaired) electrons. The fraction of sp³-hybridized carbons (Fsp3) is 0.134. The van der Waals surface area contributed by atoms with Crippen molar-refractivity contribution in [2.75, 3.05) is 36.2 Å². The van der Waals surface area contributed by atoms with Gasteiger partial charge in [0.25, 0.3) is 0 Å². The van der Waals surface area contributed by atoms with Crippen molar-refractivity contribution < 1.29 is 36.8 Å². The Bertz CT molecular complexity index is 5280. The summed E-state index contributed by atoms with van der Waals surface area (Å²) in [6, 6.07) is 104. The number of fused-ring (bicyclic) bond motifs is 4. The molecule has 0 aliphatic rings. The Morgan fingerprint density at radius 3 is 0.725 bits per heavy atom. The smallest absolute Gasteiger partial charge is 0.311 e. The van der Waals surface area contributed by atoms with Crippen molar-refractivity contribution in [3.05, 3.63) is 370 Å². The van der Waals surface area contributed by atoms with Gasteiger partial charge in [0, 0.05) is 45.3 Å². The van der Waals surface area contributed by atoms with Gasteiger partial charge in [-0.1, -0.05) is 261 Å². The number of aldehydes is 2. The Morgan fingerprint density at radius 1 is 0.266 bits per heavy atom. The number of hydrogen-bond acceptors (Lipinski definition) is 10. The van der Waals surface area contributed by atoms with E-state index in [9.17, 15) is 18.7 Å². The summed E-state index contributed by atoms with van der Waals surface area (Å²) in [6.07, 6.45) is 15.3. The number of benzene rings is 14. The average Bonchev–Trinajstić information content (AvgIpc) is 0.754. The third kappa shape index (κ3) is 19.7. The molecule has 0 fully saturated rings. The summed E-state index contributed by atoms with van der Waals surface area (Å²) in [5, 5.41) is 8.71. The van der Waals surface area contributed by atoms with Crippen molar-refractivity contribution in [1.82, 2.24) is 0 Å². The predicted molar refractivity (Wildman–Crippen MR) is 461 cm³/mol. The van der Waals surface area contributed by atoms with Gasteiger partial charge >= 0.3 is 15.2 Å². The summed E-state index contributed by atoms with van der Waals surface area (Å²) in [4.78, 5) is 26.2. The fourth-order valence-electron chi connectivity index (χ4n) is 13.5. The van der Waals surface area contributed by atoms with Gasteiger partial charge in [-0.15, -0.1) is 0 Å². The zero-order valence-electron chi connectivity index (χ0n) is 61.8. The standard InChI is InChI=1S/C51H39N.C24H32O6P2.C21H17NO2.CH4/c1-38-20-30-43(31-21-38)52(44-32-24-41(25-33-44)23-22-39-12-4-2-5-13-39)45-34-26-42(27-35-45)29-37-51-48-18-10-8-16-46(48)50(47-17-9-11-19-49(47)51)36-28-40-14-6-3-7-15-40;1-5-27-31(25,28-6-2)17-23-19-13-9-11-15-21(19)24(22-16-12-10-14-20(22)23)18-32(26,29-7-3)30-8-4;1-16-2-8-19(9-3-16)22(20-10-4-17(14-23)5-11-20)21-12-6-18(15-24)7-13-21;/h2-37H,1H3;9-16H,5-8,17-18H2,1-4H3;2-15H,1H3;1H4. The zero-order chi connectivity index (χ0) is 75.2. The summed E-state index contributed by atoms with van der Waals surface area (Å²) in [6.45, 7) is 12.6. The SMILES string of the molecule is C.CCOP(=O)(Cc1c2ccccc2c(CP(=O)(OCC)OCC)c2ccccc12)OCC.Cc1ccc(N(c2ccc(C=Cc3ccccc3)cc2)c2ccc(C=Cc3c4ccccc4c(C=Cc4ccccc4)c4ccccc34)cc2)cc1.Cc1ccc(N(c2ccc(C=O)cc2)c2ccc(C=O)cc2)cc1. The van der Waals surface area contributed by atoms with Crippen LogP contribution in [0.5, 0.6) is 0 Å². The Hall–Kier alpha value is -11.4. The summed E-state index contributed by atoms with van der Waals surface area (Å²) >= 11 is 0. The molecule has 14 rings (SSSR count). The number of carbonyl (C=O) groups excluding carboxylic acids is 2. The third-order valence-corrected chi connectivity index (χ3v) is 22.6. The third-order valence-electron chi connectivity index (χ3n) is 18.6. The Kier molecular flexibility index (Phi) is 27.3. The van der Waals surface area contributed by atoms with E-state index in [4.69, 9.17) is 18.1 Å². The molecule has 0 saturated heterocycles. The van der Waals surface area contributed by atoms with Gasteiger partial charge < -0.3 is 27.9 Å². The van der Waals surface area contributed by atoms with Gasteiger partial charge in [0.05, 0.1) is 38.8 Å². The molecule has 0 bridgehead atoms. The lowest BCUT2D eigenvalue weighted by Gasteiger charge is -2.26. The molecule has 14 aromatic rings. The number of aryl methyl sites for hydroxylation is 2. The van der Waals surface area contributed by atoms with Gasteiger partial charge in [0.15, 0.2) is 0 Å². The van der Waals surface area contributed by atoms with Crippen LogP contribution in [0.25, 0.3) is 79.5 Å². The number of hydrogen-bond donors (Lipinski definition) is 0. The van der Waals surface area contributed by atoms with Crippen LogP contribution < -0.4 is 9.80 Å². The molecular formula is C97H92N2O8P2. The molecule has 0 aliphatic heterocycles. The van der Waals surface area contributed by atoms with Crippen molar-refractivity contribution in [2.24, 2.45) is 0 Å². The maximum Gasteiger partial charge on any atom is 0.335 e. The molecule has 0 amide bonds. The highest BCUT2D eigenvalue weighted by atomic mass is 31.2. The van der Waals surface area contributed by atoms with E-state index in [0.29, 0.717) is 37.6 Å². The molecule has 109 heavy (non-hydrogen) atoms. The first-order valence-electron chi connectivity index (χ1n) is 36.6. The maximum atomic E-state index is 13.4. The first-order valence-corrected chi connectivity index (χ1v) is 40.1. The Balaban J connectivity index is 0.000000177. The first-order chi connectivity index (χ1) is 52.8. The second kappa shape index (κ2) is 37.9. The number of nitrogens with zero attached hydrogens (tertiary/aromatic N) is 2. The largest absolute Gasteiger partial charge is 0.335 e. The molecule has 0 spiro atoms. The minimum atomic E-state index is -3.33. The molecule has 14 aromatic carbocycles. The van der Waals surface area contributed by atoms with E-state index in [1.54, 1.807) is 24.3 Å². The van der Waals surface area contributed by atoms with Crippen molar-refractivity contribution in [2.45, 2.75) is 61.3 Å². The first kappa shape index (κ1) is 78.6. The summed E-state index contributed by atoms with van der Waals surface area (Å²) in [7, 11) is -6.66. The molecule has 0 aliphatic carbocycles. The molecule has 0 unspecified atom stereocenters. The van der Waals surface area contributed by atoms with E-state index in [2.05, 4.69) is 253 Å². The predicted octanol–water partition coefficient (Wildman–Crippen LogP) is 27.5. The van der Waals surface area contributed by atoms with Crippen molar-refractivity contribution in [1.29, 1.82) is 0 Å². The molecular weight excluding hydrogens is 1380 g/mol. The monoisotopic (exact) mass is 1470 g/mol. The molecule has 0 atom stereocenters. The van der Waals surface area contributed by atoms with Crippen molar-refractivity contribution in [3.63, 3.8) is 0 Å². The summed E-state index contributed by atoms with van der Waals surface area (Å²) in [5.41, 5.74) is 18.9. The lowest BCUT2D eigenvalue weighted by Crippen LogP contribution is -2.10. The zero-order valence-corrected chi connectivity index (χ0v) is 63.6. The van der Waals surface area contributed by atoms with Crippen molar-refractivity contribution in [3.8, 4) is 0 Å². The Morgan fingerprint density at radius 2 is 0.477 bits per heavy atom. The highest BCUT2D eigenvalue weighted by Gasteiger charge is 2.31.